The number of nitrogens with one attached hydrogen (secondary N) is 1. The van der Waals surface area contributed by atoms with Crippen LogP contribution in [0.4, 0.5) is 9.18 Å². The van der Waals surface area contributed by atoms with E-state index in [1.165, 1.54) is 24.3 Å². The molecule has 6 nitrogen and oxygen atoms in total. The molecular weight excluding hydrogens is 315 g/mol. The minimum Gasteiger partial charge on any atom is -0.459 e. The van der Waals surface area contributed by atoms with Crippen molar-refractivity contribution in [3.8, 4) is 0 Å². The molecule has 0 aromatic heterocycles. The van der Waals surface area contributed by atoms with Crippen LogP contribution in [0.2, 0.25) is 0 Å². The van der Waals surface area contributed by atoms with Gasteiger partial charge in [0.05, 0.1) is 0 Å². The van der Waals surface area contributed by atoms with E-state index in [1.54, 1.807) is 27.7 Å². The molecule has 24 heavy (non-hydrogen) atoms. The van der Waals surface area contributed by atoms with Crippen LogP contribution < -0.4 is 5.32 Å². The quantitative estimate of drug-likeness (QED) is 0.676. The van der Waals surface area contributed by atoms with Crippen LogP contribution in [0.5, 0.6) is 0 Å². The van der Waals surface area contributed by atoms with Crippen LogP contribution in [0, 0.1) is 5.82 Å². The average molecular weight is 336 g/mol. The molecule has 0 bridgehead atoms. The van der Waals surface area contributed by atoms with Crippen molar-refractivity contribution in [2.45, 2.75) is 45.3 Å². The summed E-state index contributed by atoms with van der Waals surface area (Å²) in [5, 5.41) is 2.63. The van der Waals surface area contributed by atoms with Crippen molar-refractivity contribution in [1.29, 1.82) is 0 Å². The Morgan fingerprint density at radius 1 is 1.25 bits per heavy atom. The lowest BCUT2D eigenvalue weighted by Gasteiger charge is -2.26. The van der Waals surface area contributed by atoms with Crippen LogP contribution in [0.15, 0.2) is 24.3 Å². The summed E-state index contributed by atoms with van der Waals surface area (Å²) in [6, 6.07) is 4.69. The number of imide groups is 1. The predicted octanol–water partition coefficient (Wildman–Crippen LogP) is 2.32. The molecule has 1 N–H and O–H groups in total. The maximum atomic E-state index is 13.1. The molecule has 1 aromatic carbocycles. The summed E-state index contributed by atoms with van der Waals surface area (Å²) in [6.45, 7) is 6.37. The van der Waals surface area contributed by atoms with Crippen LogP contribution in [0.3, 0.4) is 0 Å². The molecule has 0 aliphatic carbocycles. The van der Waals surface area contributed by atoms with E-state index in [2.05, 4.69) is 5.32 Å². The third kappa shape index (κ3) is 3.39. The zero-order valence-corrected chi connectivity index (χ0v) is 14.2. The second-order valence-corrected chi connectivity index (χ2v) is 6.67. The first kappa shape index (κ1) is 17.9. The Morgan fingerprint density at radius 2 is 1.83 bits per heavy atom. The number of hydrogen-bond acceptors (Lipinski definition) is 4. The van der Waals surface area contributed by atoms with E-state index in [1.807, 2.05) is 0 Å². The Morgan fingerprint density at radius 3 is 2.33 bits per heavy atom. The number of ether oxygens (including phenoxy) is 1. The third-order valence-corrected chi connectivity index (χ3v) is 3.75. The standard InChI is InChI=1S/C17H21FN2O4/c1-5-17(11-6-8-12(18)9-7-11)14(22)20(15(23)19-17)10-13(21)24-16(2,3)4/h6-9H,5,10H2,1-4H3,(H,19,23)/t17-/m0/s1. The Labute approximate surface area is 140 Å². The molecular formula is C17H21FN2O4. The normalized spacial score (nSPS) is 21.0. The van der Waals surface area contributed by atoms with Gasteiger partial charge in [-0.2, -0.15) is 0 Å². The first-order chi connectivity index (χ1) is 11.1. The van der Waals surface area contributed by atoms with Crippen LogP contribution >= 0.6 is 0 Å². The summed E-state index contributed by atoms with van der Waals surface area (Å²) in [5.74, 6) is -1.66. The largest absolute Gasteiger partial charge is 0.459 e. The van der Waals surface area contributed by atoms with Crippen LogP contribution in [-0.4, -0.2) is 35.0 Å². The molecule has 2 rings (SSSR count). The van der Waals surface area contributed by atoms with Crippen LogP contribution in [-0.2, 0) is 19.9 Å². The van der Waals surface area contributed by atoms with E-state index in [0.717, 1.165) is 4.90 Å². The molecule has 1 atom stereocenters. The molecule has 0 unspecified atom stereocenters. The zero-order valence-electron chi connectivity index (χ0n) is 14.2. The molecule has 3 amide bonds. The van der Waals surface area contributed by atoms with Gasteiger partial charge in [-0.25, -0.2) is 9.18 Å². The van der Waals surface area contributed by atoms with Crippen molar-refractivity contribution in [3.05, 3.63) is 35.6 Å². The molecule has 0 saturated carbocycles. The summed E-state index contributed by atoms with van der Waals surface area (Å²) in [6.07, 6.45) is 0.272. The number of halogens is 1. The van der Waals surface area contributed by atoms with Gasteiger partial charge in [-0.15, -0.1) is 0 Å². The van der Waals surface area contributed by atoms with Gasteiger partial charge in [-0.1, -0.05) is 19.1 Å². The average Bonchev–Trinajstić information content (AvgIpc) is 2.71. The smallest absolute Gasteiger partial charge is 0.326 e. The maximum Gasteiger partial charge on any atom is 0.326 e. The van der Waals surface area contributed by atoms with E-state index in [9.17, 15) is 18.8 Å². The van der Waals surface area contributed by atoms with Gasteiger partial charge in [-0.3, -0.25) is 14.5 Å². The molecule has 1 saturated heterocycles. The molecule has 1 aliphatic heterocycles. The van der Waals surface area contributed by atoms with Crippen molar-refractivity contribution in [1.82, 2.24) is 10.2 Å². The fourth-order valence-corrected chi connectivity index (χ4v) is 2.65. The lowest BCUT2D eigenvalue weighted by atomic mass is 9.87. The van der Waals surface area contributed by atoms with Crippen molar-refractivity contribution in [3.63, 3.8) is 0 Å². The summed E-state index contributed by atoms with van der Waals surface area (Å²) in [4.78, 5) is 37.8. The maximum absolute atomic E-state index is 13.1. The molecule has 1 fully saturated rings. The number of nitrogens with zero attached hydrogens (tertiary/aromatic N) is 1. The Kier molecular flexibility index (Phi) is 4.64. The highest BCUT2D eigenvalue weighted by Crippen LogP contribution is 2.32. The summed E-state index contributed by atoms with van der Waals surface area (Å²) < 4.78 is 18.3. The fraction of sp³-hybridized carbons (Fsp3) is 0.471. The van der Waals surface area contributed by atoms with Gasteiger partial charge in [0.15, 0.2) is 0 Å². The highest BCUT2D eigenvalue weighted by atomic mass is 19.1. The van der Waals surface area contributed by atoms with Gasteiger partial charge in [0.1, 0.15) is 23.5 Å². The SMILES string of the molecule is CC[C@@]1(c2ccc(F)cc2)NC(=O)N(CC(=O)OC(C)(C)C)C1=O. The molecule has 130 valence electrons. The number of urea groups is 1. The molecule has 0 spiro atoms. The van der Waals surface area contributed by atoms with Gasteiger partial charge in [0, 0.05) is 0 Å². The number of carbonyl (C=O) groups is 3. The highest BCUT2D eigenvalue weighted by molar-refractivity contribution is 6.09. The number of amides is 3. The Balaban J connectivity index is 2.26. The highest BCUT2D eigenvalue weighted by Gasteiger charge is 2.51. The molecule has 1 aromatic rings. The molecule has 0 radical (unpaired) electrons. The summed E-state index contributed by atoms with van der Waals surface area (Å²) >= 11 is 0. The molecule has 7 heteroatoms. The first-order valence-corrected chi connectivity index (χ1v) is 7.71. The Hall–Kier alpha value is -2.44. The van der Waals surface area contributed by atoms with E-state index in [0.29, 0.717) is 5.56 Å². The first-order valence-electron chi connectivity index (χ1n) is 7.71. The van der Waals surface area contributed by atoms with Crippen molar-refractivity contribution >= 4 is 17.9 Å². The minimum absolute atomic E-state index is 0.272. The second-order valence-electron chi connectivity index (χ2n) is 6.67. The second kappa shape index (κ2) is 6.22. The molecule has 1 aliphatic rings. The lowest BCUT2D eigenvalue weighted by Crippen LogP contribution is -2.44. The van der Waals surface area contributed by atoms with Crippen LogP contribution in [0.25, 0.3) is 0 Å². The van der Waals surface area contributed by atoms with Crippen LogP contribution in [0.1, 0.15) is 39.7 Å². The number of rotatable bonds is 4. The van der Waals surface area contributed by atoms with Gasteiger partial charge in [0.25, 0.3) is 5.91 Å². The molecule has 1 heterocycles. The summed E-state index contributed by atoms with van der Waals surface area (Å²) in [7, 11) is 0. The lowest BCUT2D eigenvalue weighted by molar-refractivity contribution is -0.157. The Bertz CT molecular complexity index is 666. The minimum atomic E-state index is -1.30. The van der Waals surface area contributed by atoms with E-state index < -0.39 is 41.4 Å². The number of hydrogen-bond donors (Lipinski definition) is 1. The van der Waals surface area contributed by atoms with Gasteiger partial charge in [-0.05, 0) is 44.9 Å². The van der Waals surface area contributed by atoms with Gasteiger partial charge in [0.2, 0.25) is 0 Å². The summed E-state index contributed by atoms with van der Waals surface area (Å²) in [5.41, 5.74) is -1.54. The fourth-order valence-electron chi connectivity index (χ4n) is 2.65. The van der Waals surface area contributed by atoms with Gasteiger partial charge >= 0.3 is 12.0 Å². The third-order valence-electron chi connectivity index (χ3n) is 3.75. The van der Waals surface area contributed by atoms with Crippen molar-refractivity contribution in [2.24, 2.45) is 0 Å². The zero-order chi connectivity index (χ0) is 18.1. The number of benzene rings is 1. The van der Waals surface area contributed by atoms with E-state index in [4.69, 9.17) is 4.74 Å². The van der Waals surface area contributed by atoms with E-state index in [-0.39, 0.29) is 6.42 Å². The van der Waals surface area contributed by atoms with Crippen molar-refractivity contribution < 1.29 is 23.5 Å². The van der Waals surface area contributed by atoms with Gasteiger partial charge < -0.3 is 10.1 Å². The van der Waals surface area contributed by atoms with E-state index >= 15 is 0 Å². The number of carbonyl (C=O) groups excluding carboxylic acids is 3. The number of esters is 1. The van der Waals surface area contributed by atoms with Crippen molar-refractivity contribution in [2.75, 3.05) is 6.54 Å². The monoisotopic (exact) mass is 336 g/mol. The topological polar surface area (TPSA) is 75.7 Å². The predicted molar refractivity (Wildman–Crippen MR) is 84.5 cm³/mol.